The fourth-order valence-corrected chi connectivity index (χ4v) is 2.84. The Balaban J connectivity index is 1.75. The Morgan fingerprint density at radius 3 is 2.80 bits per heavy atom. The summed E-state index contributed by atoms with van der Waals surface area (Å²) in [6.07, 6.45) is 20.4. The molecule has 0 radical (unpaired) electrons. The minimum Gasteiger partial charge on any atom is -0.506 e. The minimum absolute atomic E-state index is 0.121. The highest BCUT2D eigenvalue weighted by molar-refractivity contribution is 5.43. The molecule has 0 aromatic carbocycles. The van der Waals surface area contributed by atoms with Gasteiger partial charge in [0.1, 0.15) is 5.76 Å². The number of azo groups is 1. The van der Waals surface area contributed by atoms with Gasteiger partial charge in [0.25, 0.3) is 0 Å². The lowest BCUT2D eigenvalue weighted by Crippen LogP contribution is -2.17. The maximum Gasteiger partial charge on any atom is 0.135 e. The van der Waals surface area contributed by atoms with E-state index in [1.54, 1.807) is 6.08 Å². The molecule has 25 heavy (non-hydrogen) atoms. The van der Waals surface area contributed by atoms with Gasteiger partial charge in [-0.05, 0) is 31.3 Å². The van der Waals surface area contributed by atoms with Gasteiger partial charge in [-0.15, -0.1) is 0 Å². The highest BCUT2D eigenvalue weighted by Gasteiger charge is 2.17. The Morgan fingerprint density at radius 1 is 1.20 bits per heavy atom. The summed E-state index contributed by atoms with van der Waals surface area (Å²) >= 11 is 0. The summed E-state index contributed by atoms with van der Waals surface area (Å²) in [7, 11) is 0. The van der Waals surface area contributed by atoms with E-state index in [2.05, 4.69) is 28.5 Å². The predicted octanol–water partition coefficient (Wildman–Crippen LogP) is 3.74. The van der Waals surface area contributed by atoms with E-state index in [1.165, 1.54) is 0 Å². The molecule has 2 aliphatic rings. The van der Waals surface area contributed by atoms with Crippen LogP contribution in [0, 0.1) is 11.8 Å². The van der Waals surface area contributed by atoms with Crippen molar-refractivity contribution in [3.8, 4) is 0 Å². The van der Waals surface area contributed by atoms with E-state index in [0.29, 0.717) is 31.1 Å². The van der Waals surface area contributed by atoms with E-state index in [-0.39, 0.29) is 18.3 Å². The first-order valence-corrected chi connectivity index (χ1v) is 8.72. The van der Waals surface area contributed by atoms with Gasteiger partial charge in [-0.2, -0.15) is 10.2 Å². The van der Waals surface area contributed by atoms with Crippen LogP contribution < -0.4 is 5.73 Å². The molecule has 5 heteroatoms. The zero-order valence-electron chi connectivity index (χ0n) is 14.5. The third-order valence-corrected chi connectivity index (χ3v) is 4.30. The van der Waals surface area contributed by atoms with Crippen LogP contribution in [0.25, 0.3) is 0 Å². The molecule has 4 N–H and O–H groups in total. The molecule has 2 unspecified atom stereocenters. The lowest BCUT2D eigenvalue weighted by atomic mass is 9.84. The zero-order chi connectivity index (χ0) is 17.9. The van der Waals surface area contributed by atoms with Crippen molar-refractivity contribution in [2.45, 2.75) is 19.3 Å². The fourth-order valence-electron chi connectivity index (χ4n) is 2.84. The molecule has 2 rings (SSSR count). The lowest BCUT2D eigenvalue weighted by molar-refractivity contribution is 0.216. The Morgan fingerprint density at radius 2 is 2.00 bits per heavy atom. The van der Waals surface area contributed by atoms with Crippen LogP contribution in [0.1, 0.15) is 19.3 Å². The van der Waals surface area contributed by atoms with Crippen LogP contribution in [0.4, 0.5) is 0 Å². The molecule has 0 aliphatic heterocycles. The van der Waals surface area contributed by atoms with E-state index in [1.807, 2.05) is 30.4 Å². The highest BCUT2D eigenvalue weighted by atomic mass is 16.3. The highest BCUT2D eigenvalue weighted by Crippen LogP contribution is 2.25. The molecule has 0 heterocycles. The number of allylic oxidation sites excluding steroid dienone is 7. The SMILES string of the molecule is NC1=C(/C=C\CN=NC/C=C\C2CCC=CC2CO)C=CCC=C1O. The van der Waals surface area contributed by atoms with Gasteiger partial charge < -0.3 is 15.9 Å². The van der Waals surface area contributed by atoms with E-state index in [9.17, 15) is 10.2 Å². The smallest absolute Gasteiger partial charge is 0.135 e. The van der Waals surface area contributed by atoms with E-state index in [0.717, 1.165) is 18.4 Å². The van der Waals surface area contributed by atoms with Crippen LogP contribution in [-0.4, -0.2) is 29.9 Å². The number of hydrogen-bond donors (Lipinski definition) is 3. The maximum atomic E-state index is 9.71. The molecule has 0 bridgehead atoms. The summed E-state index contributed by atoms with van der Waals surface area (Å²) in [6.45, 7) is 1.20. The van der Waals surface area contributed by atoms with Crippen molar-refractivity contribution in [2.24, 2.45) is 27.8 Å². The second-order valence-corrected chi connectivity index (χ2v) is 6.09. The van der Waals surface area contributed by atoms with Gasteiger partial charge in [0, 0.05) is 18.1 Å². The number of nitrogens with zero attached hydrogens (tertiary/aromatic N) is 2. The van der Waals surface area contributed by atoms with Gasteiger partial charge in [-0.25, -0.2) is 0 Å². The van der Waals surface area contributed by atoms with Crippen molar-refractivity contribution in [1.29, 1.82) is 0 Å². The zero-order valence-corrected chi connectivity index (χ0v) is 14.5. The van der Waals surface area contributed by atoms with Crippen molar-refractivity contribution >= 4 is 0 Å². The molecule has 0 spiro atoms. The average Bonchev–Trinajstić information content (AvgIpc) is 2.79. The molecule has 0 saturated heterocycles. The number of nitrogens with two attached hydrogens (primary N) is 1. The molecular weight excluding hydrogens is 314 g/mol. The maximum absolute atomic E-state index is 9.71. The van der Waals surface area contributed by atoms with Crippen LogP contribution in [0.15, 0.2) is 81.9 Å². The molecule has 0 amide bonds. The largest absolute Gasteiger partial charge is 0.506 e. The Kier molecular flexibility index (Phi) is 7.92. The van der Waals surface area contributed by atoms with Crippen LogP contribution in [0.3, 0.4) is 0 Å². The van der Waals surface area contributed by atoms with Crippen LogP contribution >= 0.6 is 0 Å². The van der Waals surface area contributed by atoms with E-state index < -0.39 is 0 Å². The first-order valence-electron chi connectivity index (χ1n) is 8.72. The standard InChI is InChI=1S/C20H27N3O2/c21-20-17(8-3-4-12-19(20)25)11-6-14-23-22-13-5-10-16-7-1-2-9-18(16)15-24/h2-3,5-6,8-12,16,18,24-25H,1,4,7,13-15,21H2/b10-5-,11-6-,23-22?. The van der Waals surface area contributed by atoms with Crippen molar-refractivity contribution < 1.29 is 10.2 Å². The van der Waals surface area contributed by atoms with Gasteiger partial charge >= 0.3 is 0 Å². The Labute approximate surface area is 149 Å². The normalized spacial score (nSPS) is 24.6. The van der Waals surface area contributed by atoms with E-state index in [4.69, 9.17) is 5.73 Å². The third kappa shape index (κ3) is 6.19. The van der Waals surface area contributed by atoms with Crippen molar-refractivity contribution in [2.75, 3.05) is 19.7 Å². The van der Waals surface area contributed by atoms with Gasteiger partial charge in [0.2, 0.25) is 0 Å². The molecular formula is C20H27N3O2. The summed E-state index contributed by atoms with van der Waals surface area (Å²) in [6, 6.07) is 0. The number of rotatable bonds is 7. The summed E-state index contributed by atoms with van der Waals surface area (Å²) in [5.41, 5.74) is 7.03. The summed E-state index contributed by atoms with van der Waals surface area (Å²) in [4.78, 5) is 0. The topological polar surface area (TPSA) is 91.2 Å². The minimum atomic E-state index is 0.121. The fraction of sp³-hybridized carbons (Fsp3) is 0.400. The predicted molar refractivity (Wildman–Crippen MR) is 101 cm³/mol. The third-order valence-electron chi connectivity index (χ3n) is 4.30. The molecule has 2 atom stereocenters. The Hall–Kier alpha value is -2.40. The summed E-state index contributed by atoms with van der Waals surface area (Å²) in [5, 5.41) is 27.3. The van der Waals surface area contributed by atoms with Crippen molar-refractivity contribution in [3.05, 3.63) is 71.7 Å². The molecule has 0 aromatic rings. The molecule has 0 aromatic heterocycles. The summed E-state index contributed by atoms with van der Waals surface area (Å²) in [5.74, 6) is 0.736. The number of aliphatic hydroxyl groups excluding tert-OH is 2. The van der Waals surface area contributed by atoms with Crippen molar-refractivity contribution in [3.63, 3.8) is 0 Å². The molecule has 134 valence electrons. The second-order valence-electron chi connectivity index (χ2n) is 6.09. The first kappa shape index (κ1) is 18.9. The van der Waals surface area contributed by atoms with Crippen LogP contribution in [0.5, 0.6) is 0 Å². The number of aliphatic hydroxyl groups is 2. The van der Waals surface area contributed by atoms with Gasteiger partial charge in [-0.1, -0.05) is 48.6 Å². The van der Waals surface area contributed by atoms with Gasteiger partial charge in [-0.3, -0.25) is 0 Å². The van der Waals surface area contributed by atoms with Crippen LogP contribution in [-0.2, 0) is 0 Å². The lowest BCUT2D eigenvalue weighted by Gasteiger charge is -2.22. The Bertz CT molecular complexity index is 639. The van der Waals surface area contributed by atoms with Gasteiger partial charge in [0.15, 0.2) is 0 Å². The van der Waals surface area contributed by atoms with Crippen LogP contribution in [0.2, 0.25) is 0 Å². The molecule has 0 saturated carbocycles. The quantitative estimate of drug-likeness (QED) is 0.486. The monoisotopic (exact) mass is 341 g/mol. The van der Waals surface area contributed by atoms with Gasteiger partial charge in [0.05, 0.1) is 18.8 Å². The first-order chi connectivity index (χ1) is 12.2. The average molecular weight is 341 g/mol. The summed E-state index contributed by atoms with van der Waals surface area (Å²) < 4.78 is 0. The van der Waals surface area contributed by atoms with E-state index >= 15 is 0 Å². The molecule has 2 aliphatic carbocycles. The second kappa shape index (κ2) is 10.5. The number of hydrogen-bond acceptors (Lipinski definition) is 5. The van der Waals surface area contributed by atoms with Crippen molar-refractivity contribution in [1.82, 2.24) is 0 Å². The molecule has 5 nitrogen and oxygen atoms in total. The molecule has 0 fully saturated rings.